The lowest BCUT2D eigenvalue weighted by molar-refractivity contribution is -0.213. The summed E-state index contributed by atoms with van der Waals surface area (Å²) in [6.07, 6.45) is -3.66. The highest BCUT2D eigenvalue weighted by molar-refractivity contribution is 7.87. The molecule has 0 saturated heterocycles. The minimum absolute atomic E-state index is 0.0894. The number of amides is 2. The number of hydrogen-bond donors (Lipinski definition) is 2. The first kappa shape index (κ1) is 21.0. The number of ether oxygens (including phenoxy) is 1. The van der Waals surface area contributed by atoms with Crippen molar-refractivity contribution in [2.75, 3.05) is 0 Å². The molecule has 158 valence electrons. The second kappa shape index (κ2) is 6.41. The number of carbonyl (C=O) groups is 3. The molecule has 12 heteroatoms. The van der Waals surface area contributed by atoms with Crippen LogP contribution in [-0.2, 0) is 29.2 Å². The van der Waals surface area contributed by atoms with Crippen molar-refractivity contribution in [3.63, 3.8) is 0 Å². The zero-order valence-corrected chi connectivity index (χ0v) is 15.7. The van der Waals surface area contributed by atoms with Gasteiger partial charge < -0.3 is 4.74 Å². The van der Waals surface area contributed by atoms with Gasteiger partial charge in [-0.2, -0.15) is 21.6 Å². The number of nitrogens with one attached hydrogen (secondary N) is 1. The third-order valence-corrected chi connectivity index (χ3v) is 6.96. The largest absolute Gasteiger partial charge is 0.458 e. The lowest BCUT2D eigenvalue weighted by Gasteiger charge is -2.60. The molecule has 4 fully saturated rings. The van der Waals surface area contributed by atoms with Crippen LogP contribution in [-0.4, -0.2) is 47.8 Å². The number of rotatable bonds is 4. The second-order valence-corrected chi connectivity index (χ2v) is 9.79. The van der Waals surface area contributed by atoms with Crippen molar-refractivity contribution in [1.29, 1.82) is 0 Å². The number of alkyl halides is 3. The summed E-state index contributed by atoms with van der Waals surface area (Å²) in [4.78, 5) is 36.0. The molecule has 0 aromatic heterocycles. The third-order valence-electron chi connectivity index (χ3n) is 5.90. The van der Waals surface area contributed by atoms with Gasteiger partial charge in [0.2, 0.25) is 11.8 Å². The third kappa shape index (κ3) is 3.76. The predicted molar refractivity (Wildman–Crippen MR) is 86.2 cm³/mol. The summed E-state index contributed by atoms with van der Waals surface area (Å²) in [6, 6.07) is 0. The Morgan fingerprint density at radius 2 is 1.68 bits per heavy atom. The lowest BCUT2D eigenvalue weighted by atomic mass is 9.47. The maximum Gasteiger partial charge on any atom is 0.418 e. The molecule has 4 aliphatic rings. The van der Waals surface area contributed by atoms with Gasteiger partial charge in [0.15, 0.2) is 0 Å². The van der Waals surface area contributed by atoms with Gasteiger partial charge in [0.25, 0.3) is 15.4 Å². The van der Waals surface area contributed by atoms with Crippen molar-refractivity contribution < 1.29 is 45.3 Å². The van der Waals surface area contributed by atoms with Gasteiger partial charge in [0.1, 0.15) is 5.60 Å². The van der Waals surface area contributed by atoms with Crippen LogP contribution in [0, 0.1) is 17.3 Å². The van der Waals surface area contributed by atoms with Gasteiger partial charge in [-0.3, -0.25) is 24.3 Å². The van der Waals surface area contributed by atoms with Crippen molar-refractivity contribution in [1.82, 2.24) is 5.32 Å². The van der Waals surface area contributed by atoms with E-state index in [1.165, 1.54) is 0 Å². The number of imide groups is 1. The summed E-state index contributed by atoms with van der Waals surface area (Å²) in [5.74, 6) is -3.42. The van der Waals surface area contributed by atoms with Gasteiger partial charge >= 0.3 is 12.1 Å². The van der Waals surface area contributed by atoms with Crippen LogP contribution in [0.25, 0.3) is 0 Å². The molecule has 8 nitrogen and oxygen atoms in total. The highest BCUT2D eigenvalue weighted by Gasteiger charge is 2.64. The van der Waals surface area contributed by atoms with Gasteiger partial charge in [0, 0.05) is 13.3 Å². The quantitative estimate of drug-likeness (QED) is 0.512. The maximum atomic E-state index is 13.0. The van der Waals surface area contributed by atoms with E-state index in [9.17, 15) is 36.0 Å². The van der Waals surface area contributed by atoms with Crippen molar-refractivity contribution in [3.05, 3.63) is 0 Å². The average Bonchev–Trinajstić information content (AvgIpc) is 2.40. The molecule has 0 aromatic rings. The molecule has 4 saturated carbocycles. The van der Waals surface area contributed by atoms with E-state index in [0.717, 1.165) is 13.3 Å². The minimum atomic E-state index is -5.78. The average molecular weight is 427 g/mol. The van der Waals surface area contributed by atoms with Crippen LogP contribution in [0.5, 0.6) is 0 Å². The Balaban J connectivity index is 1.89. The van der Waals surface area contributed by atoms with Crippen LogP contribution < -0.4 is 5.32 Å². The molecule has 2 N–H and O–H groups in total. The number of carbonyl (C=O) groups excluding carboxylic acids is 3. The Morgan fingerprint density at radius 3 is 2.11 bits per heavy atom. The first-order valence-corrected chi connectivity index (χ1v) is 10.2. The highest BCUT2D eigenvalue weighted by Crippen LogP contribution is 2.63. The van der Waals surface area contributed by atoms with Crippen LogP contribution >= 0.6 is 0 Å². The Labute approximate surface area is 158 Å². The SMILES string of the molecule is CC(=O)NC(=O)C12CC3CC(CC(OC(=O)C(C(F)(F)F)S(=O)(=O)O)(C3)C1)C2. The van der Waals surface area contributed by atoms with Crippen molar-refractivity contribution >= 4 is 27.9 Å². The van der Waals surface area contributed by atoms with E-state index < -0.39 is 50.3 Å². The molecule has 2 amide bonds. The maximum absolute atomic E-state index is 13.0. The topological polar surface area (TPSA) is 127 Å². The Bertz CT molecular complexity index is 809. The Hall–Kier alpha value is -1.69. The summed E-state index contributed by atoms with van der Waals surface area (Å²) < 4.78 is 75.3. The fourth-order valence-corrected chi connectivity index (χ4v) is 6.18. The second-order valence-electron chi connectivity index (χ2n) is 8.29. The number of esters is 1. The van der Waals surface area contributed by atoms with Crippen molar-refractivity contribution in [2.45, 2.75) is 62.5 Å². The summed E-state index contributed by atoms with van der Waals surface area (Å²) >= 11 is 0. The lowest BCUT2D eigenvalue weighted by Crippen LogP contribution is -2.62. The van der Waals surface area contributed by atoms with Crippen LogP contribution in [0.3, 0.4) is 0 Å². The summed E-state index contributed by atoms with van der Waals surface area (Å²) in [5, 5.41) is -1.49. The monoisotopic (exact) mass is 427 g/mol. The fraction of sp³-hybridized carbons (Fsp3) is 0.812. The molecule has 0 spiro atoms. The van der Waals surface area contributed by atoms with E-state index in [4.69, 9.17) is 9.29 Å². The number of halogens is 3. The molecule has 4 bridgehead atoms. The molecule has 28 heavy (non-hydrogen) atoms. The van der Waals surface area contributed by atoms with Crippen LogP contribution in [0.4, 0.5) is 13.2 Å². The zero-order chi connectivity index (χ0) is 21.1. The standard InChI is InChI=1S/C16H20F3NO7S/c1-8(21)20-13(23)14-3-9-2-10(4-14)6-15(5-9,7-14)27-12(22)11(16(17,18)19)28(24,25)26/h9-11H,2-7H2,1H3,(H,20,21,23)(H,24,25,26). The highest BCUT2D eigenvalue weighted by atomic mass is 32.2. The Kier molecular flexibility index (Phi) is 4.81. The van der Waals surface area contributed by atoms with Crippen molar-refractivity contribution in [3.8, 4) is 0 Å². The molecular weight excluding hydrogens is 407 g/mol. The summed E-state index contributed by atoms with van der Waals surface area (Å²) in [5.41, 5.74) is -2.48. The van der Waals surface area contributed by atoms with E-state index in [1.54, 1.807) is 0 Å². The van der Waals surface area contributed by atoms with E-state index in [-0.39, 0.29) is 31.1 Å². The Morgan fingerprint density at radius 1 is 1.14 bits per heavy atom. The van der Waals surface area contributed by atoms with Crippen LogP contribution in [0.1, 0.15) is 45.4 Å². The predicted octanol–water partition coefficient (Wildman–Crippen LogP) is 1.35. The van der Waals surface area contributed by atoms with E-state index in [2.05, 4.69) is 5.32 Å². The fourth-order valence-electron chi connectivity index (χ4n) is 5.55. The summed E-state index contributed by atoms with van der Waals surface area (Å²) in [7, 11) is -5.78. The molecule has 4 aliphatic carbocycles. The zero-order valence-electron chi connectivity index (χ0n) is 14.9. The van der Waals surface area contributed by atoms with E-state index >= 15 is 0 Å². The van der Waals surface area contributed by atoms with E-state index in [1.807, 2.05) is 0 Å². The first-order valence-electron chi connectivity index (χ1n) is 8.74. The molecule has 3 atom stereocenters. The molecule has 0 aliphatic heterocycles. The van der Waals surface area contributed by atoms with Crippen molar-refractivity contribution in [2.24, 2.45) is 17.3 Å². The summed E-state index contributed by atoms with van der Waals surface area (Å²) in [6.45, 7) is 1.16. The van der Waals surface area contributed by atoms with Gasteiger partial charge in [0.05, 0.1) is 5.41 Å². The minimum Gasteiger partial charge on any atom is -0.458 e. The van der Waals surface area contributed by atoms with Gasteiger partial charge in [-0.1, -0.05) is 0 Å². The van der Waals surface area contributed by atoms with Gasteiger partial charge in [-0.15, -0.1) is 0 Å². The molecule has 3 unspecified atom stereocenters. The van der Waals surface area contributed by atoms with Crippen LogP contribution in [0.2, 0.25) is 0 Å². The van der Waals surface area contributed by atoms with Gasteiger partial charge in [-0.05, 0) is 43.9 Å². The van der Waals surface area contributed by atoms with Gasteiger partial charge in [-0.25, -0.2) is 0 Å². The smallest absolute Gasteiger partial charge is 0.418 e. The molecule has 0 radical (unpaired) electrons. The number of hydrogen-bond acceptors (Lipinski definition) is 6. The molecule has 0 aromatic carbocycles. The normalized spacial score (nSPS) is 35.3. The first-order chi connectivity index (χ1) is 12.7. The molecule has 4 rings (SSSR count). The molecular formula is C16H20F3NO7S. The van der Waals surface area contributed by atoms with E-state index in [0.29, 0.717) is 12.8 Å². The van der Waals surface area contributed by atoms with Crippen LogP contribution in [0.15, 0.2) is 0 Å². The molecule has 0 heterocycles.